The highest BCUT2D eigenvalue weighted by Crippen LogP contribution is 2.35. The lowest BCUT2D eigenvalue weighted by atomic mass is 10.2. The number of thioether (sulfide) groups is 1. The molecule has 0 saturated heterocycles. The van der Waals surface area contributed by atoms with Crippen LogP contribution in [0.2, 0.25) is 10.0 Å². The maximum Gasteiger partial charge on any atom is 0.0456 e. The second kappa shape index (κ2) is 5.87. The number of rotatable bonds is 3. The number of hydrogen-bond acceptors (Lipinski definition) is 2. The summed E-state index contributed by atoms with van der Waals surface area (Å²) in [6, 6.07) is 11.5. The summed E-state index contributed by atoms with van der Waals surface area (Å²) >= 11 is 13.9. The van der Waals surface area contributed by atoms with E-state index in [9.17, 15) is 0 Å². The zero-order valence-electron chi connectivity index (χ0n) is 9.91. The van der Waals surface area contributed by atoms with Crippen molar-refractivity contribution in [2.24, 2.45) is 0 Å². The topological polar surface area (TPSA) is 26.0 Å². The minimum atomic E-state index is 0.742. The Hall–Kier alpha value is -0.830. The van der Waals surface area contributed by atoms with E-state index in [1.165, 1.54) is 0 Å². The monoisotopic (exact) mass is 297 g/mol. The van der Waals surface area contributed by atoms with Crippen LogP contribution in [0.25, 0.3) is 0 Å². The molecule has 0 aliphatic heterocycles. The number of nitrogens with two attached hydrogens (primary N) is 1. The molecule has 2 N–H and O–H groups in total. The van der Waals surface area contributed by atoms with Crippen LogP contribution in [0.3, 0.4) is 0 Å². The highest BCUT2D eigenvalue weighted by atomic mass is 35.5. The van der Waals surface area contributed by atoms with Crippen molar-refractivity contribution in [1.29, 1.82) is 0 Å². The van der Waals surface area contributed by atoms with Gasteiger partial charge in [-0.3, -0.25) is 0 Å². The molecule has 4 heteroatoms. The maximum atomic E-state index is 6.13. The third-order valence-electron chi connectivity index (χ3n) is 2.70. The van der Waals surface area contributed by atoms with Crippen LogP contribution in [0.4, 0.5) is 5.69 Å². The molecule has 0 radical (unpaired) electrons. The van der Waals surface area contributed by atoms with E-state index >= 15 is 0 Å². The molecule has 0 atom stereocenters. The van der Waals surface area contributed by atoms with Crippen LogP contribution in [-0.2, 0) is 5.75 Å². The lowest BCUT2D eigenvalue weighted by molar-refractivity contribution is 1.29. The van der Waals surface area contributed by atoms with Gasteiger partial charge >= 0.3 is 0 Å². The Bertz CT molecular complexity index is 570. The third-order valence-corrected chi connectivity index (χ3v) is 4.76. The van der Waals surface area contributed by atoms with Crippen LogP contribution in [-0.4, -0.2) is 0 Å². The van der Waals surface area contributed by atoms with E-state index in [1.54, 1.807) is 11.8 Å². The molecule has 1 nitrogen and oxygen atoms in total. The average molecular weight is 298 g/mol. The van der Waals surface area contributed by atoms with E-state index in [0.29, 0.717) is 0 Å². The van der Waals surface area contributed by atoms with Gasteiger partial charge in [0.2, 0.25) is 0 Å². The molecule has 2 aromatic rings. The number of benzene rings is 2. The molecule has 94 valence electrons. The van der Waals surface area contributed by atoms with E-state index in [1.807, 2.05) is 43.3 Å². The van der Waals surface area contributed by atoms with Crippen LogP contribution in [0, 0.1) is 6.92 Å². The SMILES string of the molecule is Cc1c(Cl)ccc(N)c1SCc1ccccc1Cl. The Morgan fingerprint density at radius 3 is 2.50 bits per heavy atom. The normalized spacial score (nSPS) is 10.6. The molecular weight excluding hydrogens is 285 g/mol. The molecule has 0 fully saturated rings. The van der Waals surface area contributed by atoms with Crippen LogP contribution >= 0.6 is 35.0 Å². The standard InChI is InChI=1S/C14H13Cl2NS/c1-9-11(15)6-7-13(17)14(9)18-8-10-4-2-3-5-12(10)16/h2-7H,8,17H2,1H3. The summed E-state index contributed by atoms with van der Waals surface area (Å²) in [5, 5.41) is 1.52. The van der Waals surface area contributed by atoms with Crippen LogP contribution in [0.1, 0.15) is 11.1 Å². The Kier molecular flexibility index (Phi) is 4.44. The molecule has 0 aromatic heterocycles. The van der Waals surface area contributed by atoms with Crippen LogP contribution in [0.15, 0.2) is 41.3 Å². The molecule has 0 bridgehead atoms. The van der Waals surface area contributed by atoms with Gasteiger partial charge in [0.15, 0.2) is 0 Å². The smallest absolute Gasteiger partial charge is 0.0456 e. The summed E-state index contributed by atoms with van der Waals surface area (Å²) in [7, 11) is 0. The number of hydrogen-bond donors (Lipinski definition) is 1. The molecule has 0 amide bonds. The van der Waals surface area contributed by atoms with E-state index < -0.39 is 0 Å². The summed E-state index contributed by atoms with van der Waals surface area (Å²) in [5.74, 6) is 0.783. The van der Waals surface area contributed by atoms with Crippen molar-refractivity contribution in [3.8, 4) is 0 Å². The first-order valence-electron chi connectivity index (χ1n) is 5.50. The van der Waals surface area contributed by atoms with Crippen molar-refractivity contribution in [1.82, 2.24) is 0 Å². The minimum Gasteiger partial charge on any atom is -0.398 e. The molecule has 0 saturated carbocycles. The van der Waals surface area contributed by atoms with E-state index in [2.05, 4.69) is 0 Å². The second-order valence-corrected chi connectivity index (χ2v) is 5.77. The van der Waals surface area contributed by atoms with Gasteiger partial charge in [-0.15, -0.1) is 11.8 Å². The number of halogens is 2. The molecule has 0 unspecified atom stereocenters. The van der Waals surface area contributed by atoms with Crippen molar-refractivity contribution in [2.75, 3.05) is 5.73 Å². The van der Waals surface area contributed by atoms with Gasteiger partial charge in [0.05, 0.1) is 0 Å². The fourth-order valence-corrected chi connectivity index (χ4v) is 3.25. The third kappa shape index (κ3) is 2.94. The Labute approximate surface area is 121 Å². The second-order valence-electron chi connectivity index (χ2n) is 3.97. The predicted octanol–water partition coefficient (Wildman–Crippen LogP) is 5.18. The summed E-state index contributed by atoms with van der Waals surface area (Å²) in [5.41, 5.74) is 8.86. The summed E-state index contributed by atoms with van der Waals surface area (Å²) in [6.45, 7) is 1.98. The van der Waals surface area contributed by atoms with Gasteiger partial charge in [-0.25, -0.2) is 0 Å². The van der Waals surface area contributed by atoms with Crippen molar-refractivity contribution >= 4 is 40.7 Å². The maximum absolute atomic E-state index is 6.13. The summed E-state index contributed by atoms with van der Waals surface area (Å²) in [4.78, 5) is 1.03. The van der Waals surface area contributed by atoms with Gasteiger partial charge in [-0.1, -0.05) is 41.4 Å². The van der Waals surface area contributed by atoms with Gasteiger partial charge in [-0.2, -0.15) is 0 Å². The first-order chi connectivity index (χ1) is 8.59. The zero-order chi connectivity index (χ0) is 13.1. The summed E-state index contributed by atoms with van der Waals surface area (Å²) < 4.78 is 0. The average Bonchev–Trinajstić information content (AvgIpc) is 2.36. The first kappa shape index (κ1) is 13.6. The van der Waals surface area contributed by atoms with E-state index in [0.717, 1.165) is 37.5 Å². The first-order valence-corrected chi connectivity index (χ1v) is 7.24. The molecular formula is C14H13Cl2NS. The zero-order valence-corrected chi connectivity index (χ0v) is 12.2. The van der Waals surface area contributed by atoms with Crippen molar-refractivity contribution < 1.29 is 0 Å². The fourth-order valence-electron chi connectivity index (χ4n) is 1.65. The van der Waals surface area contributed by atoms with Crippen molar-refractivity contribution in [3.63, 3.8) is 0 Å². The molecule has 0 aliphatic rings. The Balaban J connectivity index is 2.21. The van der Waals surface area contributed by atoms with Gasteiger partial charge in [0.1, 0.15) is 0 Å². The van der Waals surface area contributed by atoms with Gasteiger partial charge in [0.25, 0.3) is 0 Å². The summed E-state index contributed by atoms with van der Waals surface area (Å²) in [6.07, 6.45) is 0. The van der Waals surface area contributed by atoms with Gasteiger partial charge in [-0.05, 0) is 36.2 Å². The predicted molar refractivity (Wildman–Crippen MR) is 81.6 cm³/mol. The largest absolute Gasteiger partial charge is 0.398 e. The molecule has 0 spiro atoms. The van der Waals surface area contributed by atoms with Crippen molar-refractivity contribution in [3.05, 3.63) is 57.6 Å². The highest BCUT2D eigenvalue weighted by molar-refractivity contribution is 7.98. The number of nitrogen functional groups attached to an aromatic ring is 1. The molecule has 0 heterocycles. The Morgan fingerprint density at radius 1 is 1.06 bits per heavy atom. The fraction of sp³-hybridized carbons (Fsp3) is 0.143. The van der Waals surface area contributed by atoms with Gasteiger partial charge < -0.3 is 5.73 Å². The quantitative estimate of drug-likeness (QED) is 0.624. The van der Waals surface area contributed by atoms with Crippen LogP contribution < -0.4 is 5.73 Å². The molecule has 2 aromatic carbocycles. The minimum absolute atomic E-state index is 0.742. The van der Waals surface area contributed by atoms with Crippen LogP contribution in [0.5, 0.6) is 0 Å². The number of anilines is 1. The lowest BCUT2D eigenvalue weighted by Crippen LogP contribution is -1.93. The Morgan fingerprint density at radius 2 is 1.78 bits per heavy atom. The highest BCUT2D eigenvalue weighted by Gasteiger charge is 2.08. The lowest BCUT2D eigenvalue weighted by Gasteiger charge is -2.11. The van der Waals surface area contributed by atoms with E-state index in [-0.39, 0.29) is 0 Å². The molecule has 2 rings (SSSR count). The molecule has 0 aliphatic carbocycles. The van der Waals surface area contributed by atoms with E-state index in [4.69, 9.17) is 28.9 Å². The molecule has 18 heavy (non-hydrogen) atoms. The van der Waals surface area contributed by atoms with Gasteiger partial charge in [0, 0.05) is 26.4 Å². The van der Waals surface area contributed by atoms with Crippen molar-refractivity contribution in [2.45, 2.75) is 17.6 Å².